The van der Waals surface area contributed by atoms with Crippen molar-refractivity contribution in [3.05, 3.63) is 62.7 Å². The summed E-state index contributed by atoms with van der Waals surface area (Å²) in [5.74, 6) is -0.236. The van der Waals surface area contributed by atoms with E-state index in [4.69, 9.17) is 0 Å². The lowest BCUT2D eigenvalue weighted by molar-refractivity contribution is -0.131. The molecule has 0 spiro atoms. The fraction of sp³-hybridized carbons (Fsp3) is 0.389. The largest absolute Gasteiger partial charge is 0.371 e. The summed E-state index contributed by atoms with van der Waals surface area (Å²) in [5, 5.41) is 2.37. The first-order valence-corrected chi connectivity index (χ1v) is 8.41. The second-order valence-corrected chi connectivity index (χ2v) is 6.31. The lowest BCUT2D eigenvalue weighted by atomic mass is 10.1. The third-order valence-electron chi connectivity index (χ3n) is 4.45. The van der Waals surface area contributed by atoms with E-state index < -0.39 is 11.1 Å². The molecule has 0 unspecified atom stereocenters. The molecule has 0 atom stereocenters. The lowest BCUT2D eigenvalue weighted by Crippen LogP contribution is -2.36. The number of aromatic nitrogens is 2. The second-order valence-electron chi connectivity index (χ2n) is 6.31. The smallest absolute Gasteiger partial charge is 0.265 e. The first-order chi connectivity index (χ1) is 12.0. The van der Waals surface area contributed by atoms with E-state index in [1.54, 1.807) is 11.9 Å². The summed E-state index contributed by atoms with van der Waals surface area (Å²) in [7, 11) is 1.70. The van der Waals surface area contributed by atoms with Gasteiger partial charge in [0.1, 0.15) is 6.54 Å². The van der Waals surface area contributed by atoms with Crippen LogP contribution in [0.1, 0.15) is 18.4 Å². The van der Waals surface area contributed by atoms with Crippen molar-refractivity contribution in [3.63, 3.8) is 0 Å². The van der Waals surface area contributed by atoms with Crippen LogP contribution in [0.2, 0.25) is 0 Å². The van der Waals surface area contributed by atoms with Crippen molar-refractivity contribution in [3.8, 4) is 0 Å². The van der Waals surface area contributed by atoms with Crippen molar-refractivity contribution in [1.29, 1.82) is 0 Å². The zero-order valence-corrected chi connectivity index (χ0v) is 14.3. The predicted molar refractivity (Wildman–Crippen MR) is 95.7 cm³/mol. The highest BCUT2D eigenvalue weighted by atomic mass is 16.2. The van der Waals surface area contributed by atoms with Gasteiger partial charge in [0, 0.05) is 44.5 Å². The third-order valence-corrected chi connectivity index (χ3v) is 4.45. The molecule has 2 heterocycles. The maximum Gasteiger partial charge on any atom is 0.265 e. The van der Waals surface area contributed by atoms with Crippen LogP contribution < -0.4 is 16.0 Å². The number of hydrogen-bond acceptors (Lipinski definition) is 4. The molecule has 1 aliphatic heterocycles. The van der Waals surface area contributed by atoms with E-state index in [1.165, 1.54) is 12.8 Å². The van der Waals surface area contributed by atoms with Gasteiger partial charge in [-0.2, -0.15) is 0 Å². The number of para-hydroxylation sites is 1. The summed E-state index contributed by atoms with van der Waals surface area (Å²) in [4.78, 5) is 39.4. The van der Waals surface area contributed by atoms with Gasteiger partial charge in [0.25, 0.3) is 11.1 Å². The number of amides is 1. The number of nitrogens with zero attached hydrogens (tertiary/aromatic N) is 3. The van der Waals surface area contributed by atoms with Crippen LogP contribution in [0.15, 0.2) is 46.0 Å². The van der Waals surface area contributed by atoms with Crippen LogP contribution in [-0.2, 0) is 17.9 Å². The molecule has 0 saturated carbocycles. The summed E-state index contributed by atoms with van der Waals surface area (Å²) in [6, 6.07) is 10.4. The van der Waals surface area contributed by atoms with E-state index in [1.807, 2.05) is 18.2 Å². The van der Waals surface area contributed by atoms with Crippen LogP contribution >= 0.6 is 0 Å². The van der Waals surface area contributed by atoms with Crippen molar-refractivity contribution in [2.45, 2.75) is 25.9 Å². The maximum atomic E-state index is 12.4. The van der Waals surface area contributed by atoms with E-state index in [-0.39, 0.29) is 12.5 Å². The molecular weight excluding hydrogens is 320 g/mol. The maximum absolute atomic E-state index is 12.4. The number of nitrogens with one attached hydrogen (secondary N) is 1. The highest BCUT2D eigenvalue weighted by Gasteiger charge is 2.18. The molecule has 0 aliphatic carbocycles. The van der Waals surface area contributed by atoms with Crippen LogP contribution in [-0.4, -0.2) is 40.7 Å². The number of anilines is 1. The average Bonchev–Trinajstić information content (AvgIpc) is 3.13. The molecule has 2 aromatic rings. The summed E-state index contributed by atoms with van der Waals surface area (Å²) >= 11 is 0. The molecule has 132 valence electrons. The van der Waals surface area contributed by atoms with Crippen molar-refractivity contribution in [1.82, 2.24) is 14.7 Å². The molecule has 7 nitrogen and oxygen atoms in total. The summed E-state index contributed by atoms with van der Waals surface area (Å²) in [6.07, 6.45) is 2.38. The molecule has 1 fully saturated rings. The van der Waals surface area contributed by atoms with Crippen LogP contribution in [0.25, 0.3) is 0 Å². The fourth-order valence-corrected chi connectivity index (χ4v) is 3.09. The zero-order chi connectivity index (χ0) is 17.8. The van der Waals surface area contributed by atoms with E-state index >= 15 is 0 Å². The van der Waals surface area contributed by atoms with Gasteiger partial charge < -0.3 is 9.80 Å². The van der Waals surface area contributed by atoms with Gasteiger partial charge in [-0.3, -0.25) is 19.5 Å². The molecule has 1 amide bonds. The molecule has 0 bridgehead atoms. The first kappa shape index (κ1) is 17.0. The van der Waals surface area contributed by atoms with Gasteiger partial charge in [0.05, 0.1) is 0 Å². The molecule has 1 saturated heterocycles. The Hall–Kier alpha value is -2.83. The Kier molecular flexibility index (Phi) is 5.02. The van der Waals surface area contributed by atoms with Gasteiger partial charge in [-0.1, -0.05) is 18.2 Å². The monoisotopic (exact) mass is 342 g/mol. The van der Waals surface area contributed by atoms with Gasteiger partial charge in [0.15, 0.2) is 0 Å². The molecule has 1 aliphatic rings. The highest BCUT2D eigenvalue weighted by Crippen LogP contribution is 2.25. The molecular formula is C18H22N4O3. The normalized spacial score (nSPS) is 13.9. The van der Waals surface area contributed by atoms with E-state index in [0.717, 1.165) is 41.2 Å². The topological polar surface area (TPSA) is 78.4 Å². The number of carbonyl (C=O) groups is 1. The summed E-state index contributed by atoms with van der Waals surface area (Å²) in [6.45, 7) is 2.35. The third kappa shape index (κ3) is 3.99. The number of rotatable bonds is 5. The Bertz CT molecular complexity index is 865. The zero-order valence-electron chi connectivity index (χ0n) is 14.3. The van der Waals surface area contributed by atoms with Gasteiger partial charge >= 0.3 is 0 Å². The molecule has 7 heteroatoms. The van der Waals surface area contributed by atoms with Gasteiger partial charge in [-0.15, -0.1) is 0 Å². The Morgan fingerprint density at radius 1 is 1.12 bits per heavy atom. The SMILES string of the molecule is CN(Cc1ccccc1N1CCCC1)C(=O)Cn1[nH]c(=O)ccc1=O. The summed E-state index contributed by atoms with van der Waals surface area (Å²) in [5.41, 5.74) is 1.42. The standard InChI is InChI=1S/C18H22N4O3/c1-20(18(25)13-22-17(24)9-8-16(23)19-22)12-14-6-2-3-7-15(14)21-10-4-5-11-21/h2-3,6-9H,4-5,10-13H2,1H3,(H,19,23). The Labute approximate surface area is 145 Å². The fourth-order valence-electron chi connectivity index (χ4n) is 3.09. The number of benzene rings is 1. The van der Waals surface area contributed by atoms with Gasteiger partial charge in [-0.25, -0.2) is 4.68 Å². The molecule has 25 heavy (non-hydrogen) atoms. The van der Waals surface area contributed by atoms with Crippen molar-refractivity contribution < 1.29 is 4.79 Å². The molecule has 0 radical (unpaired) electrons. The van der Waals surface area contributed by atoms with E-state index in [9.17, 15) is 14.4 Å². The predicted octanol–water partition coefficient (Wildman–Crippen LogP) is 0.795. The number of carbonyl (C=O) groups excluding carboxylic acids is 1. The Balaban J connectivity index is 1.73. The van der Waals surface area contributed by atoms with Crippen LogP contribution in [0, 0.1) is 0 Å². The van der Waals surface area contributed by atoms with Crippen molar-refractivity contribution in [2.24, 2.45) is 0 Å². The van der Waals surface area contributed by atoms with Crippen LogP contribution in [0.5, 0.6) is 0 Å². The van der Waals surface area contributed by atoms with Gasteiger partial charge in [0.2, 0.25) is 5.91 Å². The quantitative estimate of drug-likeness (QED) is 0.872. The van der Waals surface area contributed by atoms with E-state index in [0.29, 0.717) is 6.54 Å². The lowest BCUT2D eigenvalue weighted by Gasteiger charge is -2.24. The minimum absolute atomic E-state index is 0.183. The molecule has 1 N–H and O–H groups in total. The first-order valence-electron chi connectivity index (χ1n) is 8.41. The summed E-state index contributed by atoms with van der Waals surface area (Å²) < 4.78 is 1.04. The molecule has 1 aromatic carbocycles. The van der Waals surface area contributed by atoms with E-state index in [2.05, 4.69) is 16.1 Å². The second kappa shape index (κ2) is 7.38. The van der Waals surface area contributed by atoms with Crippen molar-refractivity contribution >= 4 is 11.6 Å². The molecule has 3 rings (SSSR count). The minimum atomic E-state index is -0.408. The number of likely N-dealkylation sites (N-methyl/N-ethyl adjacent to an activating group) is 1. The van der Waals surface area contributed by atoms with Gasteiger partial charge in [-0.05, 0) is 24.5 Å². The number of hydrogen-bond donors (Lipinski definition) is 1. The minimum Gasteiger partial charge on any atom is -0.371 e. The Morgan fingerprint density at radius 3 is 2.60 bits per heavy atom. The Morgan fingerprint density at radius 2 is 1.84 bits per heavy atom. The van der Waals surface area contributed by atoms with Crippen molar-refractivity contribution in [2.75, 3.05) is 25.0 Å². The van der Waals surface area contributed by atoms with Crippen LogP contribution in [0.4, 0.5) is 5.69 Å². The molecule has 1 aromatic heterocycles. The van der Waals surface area contributed by atoms with Crippen LogP contribution in [0.3, 0.4) is 0 Å². The number of H-pyrrole nitrogens is 1. The highest BCUT2D eigenvalue weighted by molar-refractivity contribution is 5.75. The number of aromatic amines is 1. The average molecular weight is 342 g/mol.